The normalized spacial score (nSPS) is 30.5. The number of amides is 2. The number of fused-ring (bicyclic) bond motifs is 2. The first-order valence-corrected chi connectivity index (χ1v) is 10.6. The van der Waals surface area contributed by atoms with Crippen molar-refractivity contribution in [1.82, 2.24) is 15.1 Å². The second-order valence-electron chi connectivity index (χ2n) is 8.46. The van der Waals surface area contributed by atoms with Crippen LogP contribution < -0.4 is 5.32 Å². The lowest BCUT2D eigenvalue weighted by Crippen LogP contribution is -2.48. The van der Waals surface area contributed by atoms with Crippen LogP contribution in [0.25, 0.3) is 0 Å². The quantitative estimate of drug-likeness (QED) is 0.882. The molecule has 2 saturated heterocycles. The average molecular weight is 376 g/mol. The van der Waals surface area contributed by atoms with E-state index in [-0.39, 0.29) is 22.6 Å². The number of hydrogen-bond acceptors (Lipinski definition) is 4. The molecule has 4 rings (SSSR count). The van der Waals surface area contributed by atoms with Crippen molar-refractivity contribution in [3.8, 4) is 0 Å². The van der Waals surface area contributed by atoms with Crippen molar-refractivity contribution in [3.05, 3.63) is 22.4 Å². The van der Waals surface area contributed by atoms with Crippen molar-refractivity contribution in [3.63, 3.8) is 0 Å². The summed E-state index contributed by atoms with van der Waals surface area (Å²) in [6, 6.07) is 2.21. The molecule has 1 aliphatic carbocycles. The molecule has 6 heteroatoms. The Morgan fingerprint density at radius 1 is 1.27 bits per heavy atom. The first kappa shape index (κ1) is 18.0. The Balaban J connectivity index is 1.51. The van der Waals surface area contributed by atoms with Crippen molar-refractivity contribution in [2.45, 2.75) is 39.2 Å². The van der Waals surface area contributed by atoms with E-state index in [1.807, 2.05) is 4.90 Å². The number of carbonyl (C=O) groups excluding carboxylic acids is 2. The summed E-state index contributed by atoms with van der Waals surface area (Å²) >= 11 is 1.76. The molecule has 3 heterocycles. The first-order valence-electron chi connectivity index (χ1n) is 9.70. The van der Waals surface area contributed by atoms with Crippen molar-refractivity contribution in [2.75, 3.05) is 33.2 Å². The van der Waals surface area contributed by atoms with Gasteiger partial charge in [-0.1, -0.05) is 0 Å². The Bertz CT molecular complexity index is 681. The van der Waals surface area contributed by atoms with Gasteiger partial charge in [0.2, 0.25) is 11.8 Å². The Kier molecular flexibility index (Phi) is 4.59. The molecule has 3 fully saturated rings. The van der Waals surface area contributed by atoms with E-state index in [0.717, 1.165) is 51.9 Å². The summed E-state index contributed by atoms with van der Waals surface area (Å²) in [5, 5.41) is 7.28. The molecule has 2 aliphatic heterocycles. The Morgan fingerprint density at radius 3 is 2.65 bits per heavy atom. The summed E-state index contributed by atoms with van der Waals surface area (Å²) in [5.74, 6) is 0.554. The van der Waals surface area contributed by atoms with Gasteiger partial charge in [0, 0.05) is 33.6 Å². The van der Waals surface area contributed by atoms with E-state index in [2.05, 4.69) is 27.0 Å². The van der Waals surface area contributed by atoms with Gasteiger partial charge in [-0.25, -0.2) is 0 Å². The average Bonchev–Trinajstić information content (AvgIpc) is 3.34. The van der Waals surface area contributed by atoms with Gasteiger partial charge in [0.15, 0.2) is 0 Å². The number of nitrogens with one attached hydrogen (secondary N) is 1. The third-order valence-electron chi connectivity index (χ3n) is 7.31. The van der Waals surface area contributed by atoms with Gasteiger partial charge in [-0.15, -0.1) is 0 Å². The standard InChI is InChI=1S/C20H29N3O2S/c1-15(24)23-12-17-19(4-5-20(17,14-23)18(25)21-2)6-8-22(9-7-19)11-16-3-10-26-13-16/h3,10,13,17H,4-9,11-12,14H2,1-2H3,(H,21,25)/t17-,20+/m0/s1. The fraction of sp³-hybridized carbons (Fsp3) is 0.700. The monoisotopic (exact) mass is 375 g/mol. The van der Waals surface area contributed by atoms with Crippen molar-refractivity contribution >= 4 is 23.2 Å². The second-order valence-corrected chi connectivity index (χ2v) is 9.24. The molecule has 2 atom stereocenters. The van der Waals surface area contributed by atoms with Gasteiger partial charge in [0.25, 0.3) is 0 Å². The fourth-order valence-corrected chi connectivity index (χ4v) is 6.48. The summed E-state index contributed by atoms with van der Waals surface area (Å²) in [7, 11) is 1.74. The molecule has 5 nitrogen and oxygen atoms in total. The number of nitrogens with zero attached hydrogens (tertiary/aromatic N) is 2. The lowest BCUT2D eigenvalue weighted by Gasteiger charge is -2.44. The maximum absolute atomic E-state index is 12.8. The zero-order chi connectivity index (χ0) is 18.4. The number of piperidine rings is 1. The smallest absolute Gasteiger partial charge is 0.228 e. The summed E-state index contributed by atoms with van der Waals surface area (Å²) in [4.78, 5) is 29.3. The van der Waals surface area contributed by atoms with E-state index in [1.165, 1.54) is 5.56 Å². The van der Waals surface area contributed by atoms with Gasteiger partial charge in [-0.3, -0.25) is 14.5 Å². The molecule has 0 unspecified atom stereocenters. The topological polar surface area (TPSA) is 52.7 Å². The number of rotatable bonds is 3. The summed E-state index contributed by atoms with van der Waals surface area (Å²) in [6.07, 6.45) is 4.34. The van der Waals surface area contributed by atoms with Gasteiger partial charge >= 0.3 is 0 Å². The Hall–Kier alpha value is -1.40. The molecule has 1 aromatic heterocycles. The molecular weight excluding hydrogens is 346 g/mol. The molecule has 0 bridgehead atoms. The highest BCUT2D eigenvalue weighted by Crippen LogP contribution is 2.62. The molecule has 1 spiro atoms. The van der Waals surface area contributed by atoms with E-state index >= 15 is 0 Å². The summed E-state index contributed by atoms with van der Waals surface area (Å²) in [6.45, 7) is 6.21. The SMILES string of the molecule is CNC(=O)[C@@]12CCC3(CCN(Cc4ccsc4)CC3)[C@@H]1CN(C(C)=O)C2. The molecule has 3 aliphatic rings. The highest BCUT2D eigenvalue weighted by Gasteiger charge is 2.64. The van der Waals surface area contributed by atoms with E-state index < -0.39 is 0 Å². The van der Waals surface area contributed by atoms with Crippen LogP contribution in [0.1, 0.15) is 38.2 Å². The van der Waals surface area contributed by atoms with Crippen LogP contribution in [0, 0.1) is 16.7 Å². The first-order chi connectivity index (χ1) is 12.5. The Morgan fingerprint density at radius 2 is 2.04 bits per heavy atom. The molecule has 1 saturated carbocycles. The molecule has 2 amide bonds. The van der Waals surface area contributed by atoms with Crippen molar-refractivity contribution < 1.29 is 9.59 Å². The van der Waals surface area contributed by atoms with Crippen molar-refractivity contribution in [1.29, 1.82) is 0 Å². The lowest BCUT2D eigenvalue weighted by atomic mass is 9.65. The minimum absolute atomic E-state index is 0.104. The second kappa shape index (κ2) is 6.64. The van der Waals surface area contributed by atoms with Crippen LogP contribution in [0.15, 0.2) is 16.8 Å². The van der Waals surface area contributed by atoms with Crippen LogP contribution in [0.4, 0.5) is 0 Å². The highest BCUT2D eigenvalue weighted by atomic mass is 32.1. The van der Waals surface area contributed by atoms with Crippen molar-refractivity contribution in [2.24, 2.45) is 16.7 Å². The molecule has 1 N–H and O–H groups in total. The molecular formula is C20H29N3O2S. The van der Waals surface area contributed by atoms with Gasteiger partial charge in [-0.2, -0.15) is 11.3 Å². The van der Waals surface area contributed by atoms with Gasteiger partial charge < -0.3 is 10.2 Å². The largest absolute Gasteiger partial charge is 0.359 e. The van der Waals surface area contributed by atoms with E-state index in [0.29, 0.717) is 12.5 Å². The van der Waals surface area contributed by atoms with E-state index in [9.17, 15) is 9.59 Å². The van der Waals surface area contributed by atoms with Gasteiger partial charge in [0.05, 0.1) is 5.41 Å². The zero-order valence-electron chi connectivity index (χ0n) is 15.8. The van der Waals surface area contributed by atoms with Crippen LogP contribution in [-0.4, -0.2) is 54.8 Å². The number of likely N-dealkylation sites (tertiary alicyclic amines) is 2. The minimum Gasteiger partial charge on any atom is -0.359 e. The minimum atomic E-state index is -0.365. The lowest BCUT2D eigenvalue weighted by molar-refractivity contribution is -0.133. The van der Waals surface area contributed by atoms with Crippen LogP contribution in [0.3, 0.4) is 0 Å². The molecule has 0 aromatic carbocycles. The third kappa shape index (κ3) is 2.78. The predicted molar refractivity (Wildman–Crippen MR) is 103 cm³/mol. The predicted octanol–water partition coefficient (Wildman–Crippen LogP) is 2.33. The molecule has 0 radical (unpaired) electrons. The molecule has 142 valence electrons. The van der Waals surface area contributed by atoms with E-state index in [4.69, 9.17) is 0 Å². The number of hydrogen-bond donors (Lipinski definition) is 1. The number of carbonyl (C=O) groups is 2. The zero-order valence-corrected chi connectivity index (χ0v) is 16.6. The van der Waals surface area contributed by atoms with E-state index in [1.54, 1.807) is 25.3 Å². The van der Waals surface area contributed by atoms with Gasteiger partial charge in [0.1, 0.15) is 0 Å². The maximum atomic E-state index is 12.8. The van der Waals surface area contributed by atoms with Gasteiger partial charge in [-0.05, 0) is 72.5 Å². The third-order valence-corrected chi connectivity index (χ3v) is 8.05. The maximum Gasteiger partial charge on any atom is 0.228 e. The highest BCUT2D eigenvalue weighted by molar-refractivity contribution is 7.07. The summed E-state index contributed by atoms with van der Waals surface area (Å²) in [5.41, 5.74) is 1.26. The molecule has 1 aromatic rings. The number of thiophene rings is 1. The van der Waals surface area contributed by atoms with Crippen LogP contribution >= 0.6 is 11.3 Å². The van der Waals surface area contributed by atoms with Crippen LogP contribution in [-0.2, 0) is 16.1 Å². The Labute approximate surface area is 159 Å². The fourth-order valence-electron chi connectivity index (χ4n) is 5.82. The summed E-state index contributed by atoms with van der Waals surface area (Å²) < 4.78 is 0. The van der Waals surface area contributed by atoms with Crippen LogP contribution in [0.5, 0.6) is 0 Å². The molecule has 26 heavy (non-hydrogen) atoms. The van der Waals surface area contributed by atoms with Crippen LogP contribution in [0.2, 0.25) is 0 Å².